The van der Waals surface area contributed by atoms with Crippen LogP contribution in [0.4, 0.5) is 0 Å². The van der Waals surface area contributed by atoms with Crippen LogP contribution in [0, 0.1) is 13.8 Å². The third-order valence-electron chi connectivity index (χ3n) is 4.94. The lowest BCUT2D eigenvalue weighted by Crippen LogP contribution is -2.39. The Morgan fingerprint density at radius 1 is 1.23 bits per heavy atom. The predicted molar refractivity (Wildman–Crippen MR) is 87.2 cm³/mol. The summed E-state index contributed by atoms with van der Waals surface area (Å²) in [6.45, 7) is 6.37. The Morgan fingerprint density at radius 2 is 2.05 bits per heavy atom. The highest BCUT2D eigenvalue weighted by atomic mass is 16.5. The van der Waals surface area contributed by atoms with Crippen LogP contribution in [0.5, 0.6) is 5.75 Å². The van der Waals surface area contributed by atoms with E-state index in [9.17, 15) is 4.79 Å². The molecule has 4 nitrogen and oxygen atoms in total. The molecule has 2 aliphatic heterocycles. The standard InChI is InChI=1S/C18H26N2O2/c1-13-3-6-17(11-14(13)2)22-10-8-18(21)20-9-7-15-4-5-16(12-20)19-15/h3,6,11,15-16,19H,4-5,7-10,12H2,1-2H3. The van der Waals surface area contributed by atoms with Crippen LogP contribution in [0.2, 0.25) is 0 Å². The molecular weight excluding hydrogens is 276 g/mol. The first-order valence-corrected chi connectivity index (χ1v) is 8.35. The Balaban J connectivity index is 1.46. The number of nitrogens with zero attached hydrogens (tertiary/aromatic N) is 1. The van der Waals surface area contributed by atoms with Crippen molar-refractivity contribution in [2.75, 3.05) is 19.7 Å². The molecule has 3 rings (SSSR count). The van der Waals surface area contributed by atoms with Gasteiger partial charge in [-0.1, -0.05) is 6.07 Å². The molecule has 120 valence electrons. The largest absolute Gasteiger partial charge is 0.493 e. The second-order valence-corrected chi connectivity index (χ2v) is 6.61. The summed E-state index contributed by atoms with van der Waals surface area (Å²) < 4.78 is 5.73. The fourth-order valence-electron chi connectivity index (χ4n) is 3.39. The van der Waals surface area contributed by atoms with Gasteiger partial charge in [0.05, 0.1) is 13.0 Å². The molecular formula is C18H26N2O2. The van der Waals surface area contributed by atoms with Crippen molar-refractivity contribution in [2.24, 2.45) is 0 Å². The van der Waals surface area contributed by atoms with Crippen LogP contribution in [-0.2, 0) is 4.79 Å². The maximum atomic E-state index is 12.4. The summed E-state index contributed by atoms with van der Waals surface area (Å²) in [6, 6.07) is 7.19. The van der Waals surface area contributed by atoms with Crippen LogP contribution in [0.15, 0.2) is 18.2 Å². The number of hydrogen-bond donors (Lipinski definition) is 1. The van der Waals surface area contributed by atoms with Crippen LogP contribution in [-0.4, -0.2) is 42.6 Å². The van der Waals surface area contributed by atoms with Crippen molar-refractivity contribution in [3.8, 4) is 5.75 Å². The number of carbonyl (C=O) groups is 1. The summed E-state index contributed by atoms with van der Waals surface area (Å²) >= 11 is 0. The van der Waals surface area contributed by atoms with Gasteiger partial charge in [-0.15, -0.1) is 0 Å². The van der Waals surface area contributed by atoms with Crippen molar-refractivity contribution in [1.82, 2.24) is 10.2 Å². The number of aryl methyl sites for hydroxylation is 2. The van der Waals surface area contributed by atoms with Crippen molar-refractivity contribution in [3.63, 3.8) is 0 Å². The van der Waals surface area contributed by atoms with Gasteiger partial charge in [0.15, 0.2) is 0 Å². The van der Waals surface area contributed by atoms with Crippen LogP contribution >= 0.6 is 0 Å². The molecule has 2 heterocycles. The number of rotatable bonds is 4. The number of benzene rings is 1. The van der Waals surface area contributed by atoms with E-state index in [1.807, 2.05) is 17.0 Å². The molecule has 0 radical (unpaired) electrons. The topological polar surface area (TPSA) is 41.6 Å². The van der Waals surface area contributed by atoms with E-state index >= 15 is 0 Å². The van der Waals surface area contributed by atoms with Gasteiger partial charge in [0, 0.05) is 25.2 Å². The molecule has 0 aliphatic carbocycles. The van der Waals surface area contributed by atoms with Gasteiger partial charge in [0.1, 0.15) is 5.75 Å². The zero-order valence-electron chi connectivity index (χ0n) is 13.6. The highest BCUT2D eigenvalue weighted by molar-refractivity contribution is 5.76. The van der Waals surface area contributed by atoms with Gasteiger partial charge in [-0.2, -0.15) is 0 Å². The molecule has 2 saturated heterocycles. The Hall–Kier alpha value is -1.55. The maximum Gasteiger partial charge on any atom is 0.226 e. The van der Waals surface area contributed by atoms with E-state index in [2.05, 4.69) is 25.2 Å². The van der Waals surface area contributed by atoms with E-state index < -0.39 is 0 Å². The minimum absolute atomic E-state index is 0.221. The number of fused-ring (bicyclic) bond motifs is 2. The third kappa shape index (κ3) is 3.61. The third-order valence-corrected chi connectivity index (χ3v) is 4.94. The van der Waals surface area contributed by atoms with Gasteiger partial charge >= 0.3 is 0 Å². The molecule has 0 spiro atoms. The molecule has 1 aromatic rings. The number of nitrogens with one attached hydrogen (secondary N) is 1. The Labute approximate surface area is 132 Å². The molecule has 0 aromatic heterocycles. The van der Waals surface area contributed by atoms with E-state index in [4.69, 9.17) is 4.74 Å². The minimum atomic E-state index is 0.221. The fourth-order valence-corrected chi connectivity index (χ4v) is 3.39. The first-order valence-electron chi connectivity index (χ1n) is 8.35. The van der Waals surface area contributed by atoms with Crippen LogP contribution in [0.25, 0.3) is 0 Å². The molecule has 2 atom stereocenters. The molecule has 2 aliphatic rings. The molecule has 1 aromatic carbocycles. The highest BCUT2D eigenvalue weighted by Gasteiger charge is 2.30. The fraction of sp³-hybridized carbons (Fsp3) is 0.611. The number of ether oxygens (including phenoxy) is 1. The van der Waals surface area contributed by atoms with Crippen molar-refractivity contribution in [3.05, 3.63) is 29.3 Å². The van der Waals surface area contributed by atoms with E-state index in [0.29, 0.717) is 25.1 Å². The average molecular weight is 302 g/mol. The zero-order valence-corrected chi connectivity index (χ0v) is 13.6. The average Bonchev–Trinajstić information content (AvgIpc) is 2.82. The number of hydrogen-bond acceptors (Lipinski definition) is 3. The Kier molecular flexibility index (Phi) is 4.67. The lowest BCUT2D eigenvalue weighted by molar-refractivity contribution is -0.131. The summed E-state index contributed by atoms with van der Waals surface area (Å²) in [7, 11) is 0. The van der Waals surface area contributed by atoms with Crippen molar-refractivity contribution in [2.45, 2.75) is 51.6 Å². The van der Waals surface area contributed by atoms with E-state index in [1.165, 1.54) is 24.0 Å². The SMILES string of the molecule is Cc1ccc(OCCC(=O)N2CCC3CCC(C2)N3)cc1C. The summed E-state index contributed by atoms with van der Waals surface area (Å²) in [6.07, 6.45) is 4.01. The highest BCUT2D eigenvalue weighted by Crippen LogP contribution is 2.21. The van der Waals surface area contributed by atoms with E-state index in [0.717, 1.165) is 25.3 Å². The van der Waals surface area contributed by atoms with Gasteiger partial charge in [0.2, 0.25) is 5.91 Å². The Bertz CT molecular complexity index is 544. The van der Waals surface area contributed by atoms with Crippen molar-refractivity contribution < 1.29 is 9.53 Å². The molecule has 2 bridgehead atoms. The van der Waals surface area contributed by atoms with Crippen LogP contribution < -0.4 is 10.1 Å². The summed E-state index contributed by atoms with van der Waals surface area (Å²) in [5.74, 6) is 1.07. The van der Waals surface area contributed by atoms with Crippen molar-refractivity contribution in [1.29, 1.82) is 0 Å². The van der Waals surface area contributed by atoms with E-state index in [-0.39, 0.29) is 5.91 Å². The number of carbonyl (C=O) groups excluding carboxylic acids is 1. The summed E-state index contributed by atoms with van der Waals surface area (Å²) in [4.78, 5) is 14.4. The first kappa shape index (κ1) is 15.3. The maximum absolute atomic E-state index is 12.4. The first-order chi connectivity index (χ1) is 10.6. The molecule has 2 fully saturated rings. The monoisotopic (exact) mass is 302 g/mol. The van der Waals surface area contributed by atoms with Crippen LogP contribution in [0.3, 0.4) is 0 Å². The molecule has 1 amide bonds. The quantitative estimate of drug-likeness (QED) is 0.929. The van der Waals surface area contributed by atoms with Gasteiger partial charge < -0.3 is 15.0 Å². The normalized spacial score (nSPS) is 24.2. The van der Waals surface area contributed by atoms with Gasteiger partial charge in [-0.25, -0.2) is 0 Å². The molecule has 2 unspecified atom stereocenters. The van der Waals surface area contributed by atoms with Gasteiger partial charge in [-0.3, -0.25) is 4.79 Å². The second kappa shape index (κ2) is 6.69. The minimum Gasteiger partial charge on any atom is -0.493 e. The summed E-state index contributed by atoms with van der Waals surface area (Å²) in [5, 5.41) is 3.61. The molecule has 0 saturated carbocycles. The Morgan fingerprint density at radius 3 is 2.86 bits per heavy atom. The molecule has 22 heavy (non-hydrogen) atoms. The number of amides is 1. The zero-order chi connectivity index (χ0) is 15.5. The molecule has 1 N–H and O–H groups in total. The predicted octanol–water partition coefficient (Wildman–Crippen LogP) is 2.43. The van der Waals surface area contributed by atoms with Gasteiger partial charge in [0.25, 0.3) is 0 Å². The number of likely N-dealkylation sites (tertiary alicyclic amines) is 1. The second-order valence-electron chi connectivity index (χ2n) is 6.61. The van der Waals surface area contributed by atoms with Crippen LogP contribution in [0.1, 0.15) is 36.8 Å². The van der Waals surface area contributed by atoms with E-state index in [1.54, 1.807) is 0 Å². The van der Waals surface area contributed by atoms with Crippen molar-refractivity contribution >= 4 is 5.91 Å². The lowest BCUT2D eigenvalue weighted by Gasteiger charge is -2.24. The molecule has 4 heteroatoms. The smallest absolute Gasteiger partial charge is 0.226 e. The lowest BCUT2D eigenvalue weighted by atomic mass is 10.1. The summed E-state index contributed by atoms with van der Waals surface area (Å²) in [5.41, 5.74) is 2.48. The van der Waals surface area contributed by atoms with Gasteiger partial charge in [-0.05, 0) is 56.4 Å².